The molecule has 0 saturated heterocycles. The van der Waals surface area contributed by atoms with E-state index in [0.717, 1.165) is 0 Å². The van der Waals surface area contributed by atoms with Gasteiger partial charge in [-0.05, 0) is 0 Å². The summed E-state index contributed by atoms with van der Waals surface area (Å²) in [7, 11) is -4.83. The van der Waals surface area contributed by atoms with Gasteiger partial charge in [0.25, 0.3) is 0 Å². The smallest absolute Gasteiger partial charge is 0.361 e. The van der Waals surface area contributed by atoms with Crippen molar-refractivity contribution in [1.82, 2.24) is 0 Å². The van der Waals surface area contributed by atoms with E-state index in [1.54, 1.807) is 0 Å². The maximum atomic E-state index is 10.2. The summed E-state index contributed by atoms with van der Waals surface area (Å²) in [6, 6.07) is 0. The van der Waals surface area contributed by atoms with Gasteiger partial charge >= 0.3 is 7.60 Å². The molecule has 0 aliphatic heterocycles. The fourth-order valence-electron chi connectivity index (χ4n) is 0.234. The fourth-order valence-corrected chi connectivity index (χ4v) is 0.603. The lowest BCUT2D eigenvalue weighted by atomic mass is 10.4. The molecule has 10 heavy (non-hydrogen) atoms. The van der Waals surface area contributed by atoms with Gasteiger partial charge in [0.05, 0.1) is 13.2 Å². The van der Waals surface area contributed by atoms with Crippen molar-refractivity contribution in [2.24, 2.45) is 0 Å². The highest BCUT2D eigenvalue weighted by Crippen LogP contribution is 2.47. The van der Waals surface area contributed by atoms with E-state index in [1.165, 1.54) is 0 Å². The Morgan fingerprint density at radius 2 is 1.50 bits per heavy atom. The van der Waals surface area contributed by atoms with E-state index < -0.39 is 26.2 Å². The van der Waals surface area contributed by atoms with Crippen LogP contribution < -0.4 is 0 Å². The molecule has 0 amide bonds. The summed E-state index contributed by atoms with van der Waals surface area (Å²) in [5.74, 6) is 0. The van der Waals surface area contributed by atoms with Crippen molar-refractivity contribution in [3.05, 3.63) is 0 Å². The van der Waals surface area contributed by atoms with Gasteiger partial charge in [-0.2, -0.15) is 0 Å². The molecule has 0 unspecified atom stereocenters. The summed E-state index contributed by atoms with van der Waals surface area (Å²) in [4.78, 5) is 16.6. The van der Waals surface area contributed by atoms with Gasteiger partial charge in [0, 0.05) is 0 Å². The minimum Gasteiger partial charge on any atom is -0.393 e. The lowest BCUT2D eigenvalue weighted by molar-refractivity contribution is -0.00916. The number of aliphatic hydroxyl groups is 3. The monoisotopic (exact) mass is 172 g/mol. The quantitative estimate of drug-likeness (QED) is 0.309. The normalized spacial score (nSPS) is 13.7. The summed E-state index contributed by atoms with van der Waals surface area (Å²) in [5.41, 5.74) is 0. The summed E-state index contributed by atoms with van der Waals surface area (Å²) < 4.78 is 10.2. The number of hydrogen-bond donors (Lipinski definition) is 5. The third-order valence-corrected chi connectivity index (χ3v) is 2.42. The lowest BCUT2D eigenvalue weighted by Gasteiger charge is -2.23. The molecule has 5 N–H and O–H groups in total. The van der Waals surface area contributed by atoms with Gasteiger partial charge in [0.2, 0.25) is 5.34 Å². The summed E-state index contributed by atoms with van der Waals surface area (Å²) in [5, 5.41) is 22.4. The fraction of sp³-hybridized carbons (Fsp3) is 1.00. The maximum Gasteiger partial charge on any atom is 0.361 e. The number of rotatable bonds is 3. The minimum absolute atomic E-state index is 1.17. The second-order valence-corrected chi connectivity index (χ2v) is 3.76. The van der Waals surface area contributed by atoms with Crippen molar-refractivity contribution >= 4 is 7.60 Å². The van der Waals surface area contributed by atoms with Crippen LogP contribution in [0.15, 0.2) is 0 Å². The Morgan fingerprint density at radius 3 is 1.50 bits per heavy atom. The Kier molecular flexibility index (Phi) is 2.97. The molecule has 7 heteroatoms. The third-order valence-electron chi connectivity index (χ3n) is 1.05. The van der Waals surface area contributed by atoms with E-state index in [9.17, 15) is 4.57 Å². The van der Waals surface area contributed by atoms with E-state index >= 15 is 0 Å². The first-order valence-corrected chi connectivity index (χ1v) is 3.98. The average Bonchev–Trinajstić information content (AvgIpc) is 1.84. The van der Waals surface area contributed by atoms with E-state index in [4.69, 9.17) is 25.1 Å². The second kappa shape index (κ2) is 2.96. The molecule has 0 rings (SSSR count). The predicted octanol–water partition coefficient (Wildman–Crippen LogP) is -2.16. The van der Waals surface area contributed by atoms with Crippen molar-refractivity contribution in [2.45, 2.75) is 5.34 Å². The van der Waals surface area contributed by atoms with Crippen LogP contribution in [0.3, 0.4) is 0 Å². The summed E-state index contributed by atoms with van der Waals surface area (Å²) >= 11 is 0. The van der Waals surface area contributed by atoms with Crippen LogP contribution in [-0.2, 0) is 4.57 Å². The number of hydrogen-bond acceptors (Lipinski definition) is 4. The molecule has 0 aliphatic carbocycles. The molecule has 0 radical (unpaired) electrons. The minimum atomic E-state index is -4.83. The van der Waals surface area contributed by atoms with Gasteiger partial charge in [-0.15, -0.1) is 0 Å². The summed E-state index contributed by atoms with van der Waals surface area (Å²) in [6.45, 7) is -2.35. The lowest BCUT2D eigenvalue weighted by Crippen LogP contribution is -2.36. The molecule has 0 aromatic rings. The molecule has 0 aromatic carbocycles. The van der Waals surface area contributed by atoms with Crippen LogP contribution in [0, 0.1) is 0 Å². The van der Waals surface area contributed by atoms with Gasteiger partial charge in [0.15, 0.2) is 0 Å². The first kappa shape index (κ1) is 10.0. The average molecular weight is 172 g/mol. The molecule has 0 aliphatic rings. The SMILES string of the molecule is O=P(O)(O)C(O)(CO)CO. The van der Waals surface area contributed by atoms with Crippen LogP contribution >= 0.6 is 7.60 Å². The predicted molar refractivity (Wildman–Crippen MR) is 31.2 cm³/mol. The largest absolute Gasteiger partial charge is 0.393 e. The van der Waals surface area contributed by atoms with Crippen LogP contribution in [0.5, 0.6) is 0 Å². The number of aliphatic hydroxyl groups excluding tert-OH is 2. The van der Waals surface area contributed by atoms with Crippen LogP contribution in [0.25, 0.3) is 0 Å². The zero-order valence-electron chi connectivity index (χ0n) is 5.01. The standard InChI is InChI=1S/C3H9O6P/c4-1-3(6,2-5)10(7,8)9/h4-6H,1-2H2,(H2,7,8,9). The third kappa shape index (κ3) is 1.76. The molecule has 0 atom stereocenters. The van der Waals surface area contributed by atoms with E-state index in [-0.39, 0.29) is 0 Å². The molecule has 62 valence electrons. The van der Waals surface area contributed by atoms with E-state index in [2.05, 4.69) is 0 Å². The van der Waals surface area contributed by atoms with Crippen molar-refractivity contribution in [2.75, 3.05) is 13.2 Å². The molecular formula is C3H9O6P. The molecule has 0 bridgehead atoms. The first-order valence-electron chi connectivity index (χ1n) is 2.37. The molecular weight excluding hydrogens is 163 g/mol. The molecule has 6 nitrogen and oxygen atoms in total. The Balaban J connectivity index is 4.50. The Labute approximate surface area is 56.9 Å². The van der Waals surface area contributed by atoms with Crippen LogP contribution in [0.4, 0.5) is 0 Å². The molecule has 0 heterocycles. The van der Waals surface area contributed by atoms with E-state index in [1.807, 2.05) is 0 Å². The van der Waals surface area contributed by atoms with Crippen molar-refractivity contribution in [1.29, 1.82) is 0 Å². The molecule has 0 saturated carbocycles. The first-order chi connectivity index (χ1) is 4.37. The Morgan fingerprint density at radius 1 is 1.20 bits per heavy atom. The highest BCUT2D eigenvalue weighted by molar-refractivity contribution is 7.53. The zero-order valence-corrected chi connectivity index (χ0v) is 5.90. The second-order valence-electron chi connectivity index (χ2n) is 1.84. The van der Waals surface area contributed by atoms with E-state index in [0.29, 0.717) is 0 Å². The van der Waals surface area contributed by atoms with Crippen LogP contribution in [-0.4, -0.2) is 43.7 Å². The van der Waals surface area contributed by atoms with Gasteiger partial charge in [-0.1, -0.05) is 0 Å². The van der Waals surface area contributed by atoms with Crippen LogP contribution in [0.2, 0.25) is 0 Å². The maximum absolute atomic E-state index is 10.2. The molecule has 0 spiro atoms. The summed E-state index contributed by atoms with van der Waals surface area (Å²) in [6.07, 6.45) is 0. The van der Waals surface area contributed by atoms with Crippen LogP contribution in [0.1, 0.15) is 0 Å². The Bertz CT molecular complexity index is 145. The van der Waals surface area contributed by atoms with Crippen molar-refractivity contribution in [3.8, 4) is 0 Å². The molecule has 0 fully saturated rings. The van der Waals surface area contributed by atoms with Gasteiger partial charge in [0.1, 0.15) is 0 Å². The van der Waals surface area contributed by atoms with Crippen molar-refractivity contribution in [3.63, 3.8) is 0 Å². The topological polar surface area (TPSA) is 118 Å². The van der Waals surface area contributed by atoms with Gasteiger partial charge < -0.3 is 25.1 Å². The Hall–Kier alpha value is 0.0300. The van der Waals surface area contributed by atoms with Crippen molar-refractivity contribution < 1.29 is 29.7 Å². The highest BCUT2D eigenvalue weighted by Gasteiger charge is 2.44. The van der Waals surface area contributed by atoms with Gasteiger partial charge in [-0.3, -0.25) is 4.57 Å². The van der Waals surface area contributed by atoms with Gasteiger partial charge in [-0.25, -0.2) is 0 Å². The zero-order chi connectivity index (χ0) is 8.41. The highest BCUT2D eigenvalue weighted by atomic mass is 31.2. The molecule has 0 aromatic heterocycles.